The zero-order valence-electron chi connectivity index (χ0n) is 22.3. The fraction of sp³-hybridized carbons (Fsp3) is 0.393. The van der Waals surface area contributed by atoms with Gasteiger partial charge in [0.15, 0.2) is 0 Å². The average molecular weight is 531 g/mol. The van der Waals surface area contributed by atoms with Gasteiger partial charge in [0.1, 0.15) is 5.65 Å². The molecule has 2 saturated heterocycles. The summed E-state index contributed by atoms with van der Waals surface area (Å²) in [5, 5.41) is 4.05. The van der Waals surface area contributed by atoms with E-state index in [1.165, 1.54) is 6.08 Å². The summed E-state index contributed by atoms with van der Waals surface area (Å²) >= 11 is 0. The maximum atomic E-state index is 12.8. The summed E-state index contributed by atoms with van der Waals surface area (Å²) in [4.78, 5) is 53.5. The number of benzene rings is 1. The van der Waals surface area contributed by atoms with Gasteiger partial charge in [0, 0.05) is 101 Å². The smallest absolute Gasteiger partial charge is 0.252 e. The molecule has 4 heterocycles. The van der Waals surface area contributed by atoms with Crippen molar-refractivity contribution >= 4 is 40.2 Å². The molecule has 0 radical (unpaired) electrons. The van der Waals surface area contributed by atoms with Crippen molar-refractivity contribution in [1.29, 1.82) is 0 Å². The summed E-state index contributed by atoms with van der Waals surface area (Å²) in [7, 11) is 0. The van der Waals surface area contributed by atoms with Crippen LogP contribution < -0.4 is 15.8 Å². The van der Waals surface area contributed by atoms with Crippen LogP contribution in [-0.2, 0) is 16.1 Å². The summed E-state index contributed by atoms with van der Waals surface area (Å²) in [6.45, 7) is 12.2. The standard InChI is InChI=1S/C28H34N8O3/c1-3-25(38)35-13-10-32(11-14-35)12-19-36-26(39)9-4-22-20-29-28(31-27(22)36)30-23-5-7-24(8-6-23)34-17-15-33(16-18-34)21(2)37/h3-9,20H,1,10-19H2,2H3,(H,29,30,31). The lowest BCUT2D eigenvalue weighted by Crippen LogP contribution is -2.49. The number of fused-ring (bicyclic) bond motifs is 1. The zero-order chi connectivity index (χ0) is 27.4. The number of nitrogens with one attached hydrogen (secondary N) is 1. The molecule has 1 aromatic carbocycles. The molecule has 2 fully saturated rings. The predicted octanol–water partition coefficient (Wildman–Crippen LogP) is 1.53. The molecule has 39 heavy (non-hydrogen) atoms. The summed E-state index contributed by atoms with van der Waals surface area (Å²) < 4.78 is 1.69. The molecule has 11 nitrogen and oxygen atoms in total. The van der Waals surface area contributed by atoms with Crippen LogP contribution in [0.3, 0.4) is 0 Å². The first-order valence-corrected chi connectivity index (χ1v) is 13.3. The fourth-order valence-corrected chi connectivity index (χ4v) is 5.07. The van der Waals surface area contributed by atoms with Crippen LogP contribution in [-0.4, -0.2) is 100.0 Å². The van der Waals surface area contributed by atoms with Gasteiger partial charge < -0.3 is 20.0 Å². The first kappa shape index (κ1) is 26.4. The Kier molecular flexibility index (Phi) is 7.87. The van der Waals surface area contributed by atoms with Crippen molar-refractivity contribution in [2.45, 2.75) is 13.5 Å². The fourth-order valence-electron chi connectivity index (χ4n) is 5.07. The van der Waals surface area contributed by atoms with Crippen molar-refractivity contribution in [2.75, 3.05) is 69.1 Å². The molecule has 3 aromatic rings. The van der Waals surface area contributed by atoms with E-state index in [0.29, 0.717) is 37.8 Å². The number of amides is 2. The van der Waals surface area contributed by atoms with E-state index in [1.54, 1.807) is 34.7 Å². The molecule has 2 amide bonds. The Labute approximate surface area is 227 Å². The number of pyridine rings is 1. The highest BCUT2D eigenvalue weighted by Crippen LogP contribution is 2.22. The first-order chi connectivity index (χ1) is 18.9. The number of carbonyl (C=O) groups is 2. The molecule has 5 rings (SSSR count). The molecular weight excluding hydrogens is 496 g/mol. The van der Waals surface area contributed by atoms with Gasteiger partial charge in [-0.05, 0) is 36.4 Å². The number of anilines is 3. The third kappa shape index (κ3) is 6.09. The minimum Gasteiger partial charge on any atom is -0.368 e. The third-order valence-corrected chi connectivity index (χ3v) is 7.44. The van der Waals surface area contributed by atoms with Crippen molar-refractivity contribution in [3.05, 3.63) is 65.6 Å². The van der Waals surface area contributed by atoms with Gasteiger partial charge in [-0.25, -0.2) is 4.98 Å². The van der Waals surface area contributed by atoms with Crippen LogP contribution in [0.25, 0.3) is 11.0 Å². The van der Waals surface area contributed by atoms with Gasteiger partial charge in [-0.1, -0.05) is 6.58 Å². The number of piperazine rings is 2. The minimum atomic E-state index is -0.109. The lowest BCUT2D eigenvalue weighted by Gasteiger charge is -2.35. The summed E-state index contributed by atoms with van der Waals surface area (Å²) in [6.07, 6.45) is 3.08. The van der Waals surface area contributed by atoms with Gasteiger partial charge >= 0.3 is 0 Å². The Hall–Kier alpha value is -4.25. The van der Waals surface area contributed by atoms with E-state index < -0.39 is 0 Å². The van der Waals surface area contributed by atoms with Crippen LogP contribution >= 0.6 is 0 Å². The van der Waals surface area contributed by atoms with Crippen LogP contribution in [0.15, 0.2) is 60.0 Å². The molecular formula is C28H34N8O3. The number of aromatic nitrogens is 3. The van der Waals surface area contributed by atoms with Crippen molar-refractivity contribution in [3.8, 4) is 0 Å². The third-order valence-electron chi connectivity index (χ3n) is 7.44. The molecule has 204 valence electrons. The predicted molar refractivity (Wildman–Crippen MR) is 151 cm³/mol. The van der Waals surface area contributed by atoms with Gasteiger partial charge in [0.05, 0.1) is 0 Å². The quantitative estimate of drug-likeness (QED) is 0.459. The van der Waals surface area contributed by atoms with Gasteiger partial charge in [-0.3, -0.25) is 23.9 Å². The van der Waals surface area contributed by atoms with E-state index in [1.807, 2.05) is 29.2 Å². The molecule has 0 aliphatic carbocycles. The van der Waals surface area contributed by atoms with Crippen molar-refractivity contribution in [1.82, 2.24) is 29.2 Å². The Balaban J connectivity index is 1.24. The number of carbonyl (C=O) groups excluding carboxylic acids is 2. The van der Waals surface area contributed by atoms with Gasteiger partial charge in [-0.15, -0.1) is 0 Å². The number of nitrogens with zero attached hydrogens (tertiary/aromatic N) is 7. The number of rotatable bonds is 7. The van der Waals surface area contributed by atoms with Gasteiger partial charge in [0.2, 0.25) is 17.8 Å². The lowest BCUT2D eigenvalue weighted by atomic mass is 10.2. The van der Waals surface area contributed by atoms with Gasteiger partial charge in [-0.2, -0.15) is 4.98 Å². The molecule has 2 aliphatic rings. The average Bonchev–Trinajstić information content (AvgIpc) is 2.97. The zero-order valence-corrected chi connectivity index (χ0v) is 22.3. The molecule has 0 atom stereocenters. The normalized spacial score (nSPS) is 16.4. The first-order valence-electron chi connectivity index (χ1n) is 13.3. The maximum absolute atomic E-state index is 12.8. The minimum absolute atomic E-state index is 0.0428. The highest BCUT2D eigenvalue weighted by molar-refractivity contribution is 5.87. The maximum Gasteiger partial charge on any atom is 0.252 e. The van der Waals surface area contributed by atoms with Crippen molar-refractivity contribution in [3.63, 3.8) is 0 Å². The van der Waals surface area contributed by atoms with Gasteiger partial charge in [0.25, 0.3) is 5.56 Å². The molecule has 0 spiro atoms. The van der Waals surface area contributed by atoms with Crippen LogP contribution in [0.2, 0.25) is 0 Å². The van der Waals surface area contributed by atoms with Crippen LogP contribution in [0.1, 0.15) is 6.92 Å². The number of hydrogen-bond acceptors (Lipinski definition) is 8. The second kappa shape index (κ2) is 11.6. The van der Waals surface area contributed by atoms with E-state index >= 15 is 0 Å². The van der Waals surface area contributed by atoms with E-state index in [0.717, 1.165) is 56.0 Å². The Morgan fingerprint density at radius 3 is 2.28 bits per heavy atom. The summed E-state index contributed by atoms with van der Waals surface area (Å²) in [5.41, 5.74) is 2.42. The topological polar surface area (TPSA) is 107 Å². The van der Waals surface area contributed by atoms with Crippen LogP contribution in [0.4, 0.5) is 17.3 Å². The Bertz CT molecular complexity index is 1400. The highest BCUT2D eigenvalue weighted by Gasteiger charge is 2.20. The van der Waals surface area contributed by atoms with E-state index in [2.05, 4.69) is 31.7 Å². The SMILES string of the molecule is C=CC(=O)N1CCN(CCn2c(=O)ccc3cnc(Nc4ccc(N5CCN(C(C)=O)CC5)cc4)nc32)CC1. The monoisotopic (exact) mass is 530 g/mol. The van der Waals surface area contributed by atoms with Crippen molar-refractivity contribution < 1.29 is 9.59 Å². The van der Waals surface area contributed by atoms with Crippen LogP contribution in [0.5, 0.6) is 0 Å². The van der Waals surface area contributed by atoms with E-state index in [4.69, 9.17) is 0 Å². The molecule has 0 bridgehead atoms. The molecule has 2 aromatic heterocycles. The molecule has 0 unspecified atom stereocenters. The summed E-state index contributed by atoms with van der Waals surface area (Å²) in [6, 6.07) is 11.4. The number of hydrogen-bond donors (Lipinski definition) is 1. The lowest BCUT2D eigenvalue weighted by molar-refractivity contribution is -0.129. The van der Waals surface area contributed by atoms with E-state index in [9.17, 15) is 14.4 Å². The second-order valence-electron chi connectivity index (χ2n) is 9.83. The van der Waals surface area contributed by atoms with E-state index in [-0.39, 0.29) is 17.4 Å². The second-order valence-corrected chi connectivity index (χ2v) is 9.83. The highest BCUT2D eigenvalue weighted by atomic mass is 16.2. The Morgan fingerprint density at radius 1 is 0.923 bits per heavy atom. The largest absolute Gasteiger partial charge is 0.368 e. The Morgan fingerprint density at radius 2 is 1.62 bits per heavy atom. The van der Waals surface area contributed by atoms with Crippen LogP contribution in [0, 0.1) is 0 Å². The molecule has 2 aliphatic heterocycles. The van der Waals surface area contributed by atoms with Crippen molar-refractivity contribution in [2.24, 2.45) is 0 Å². The molecule has 0 saturated carbocycles. The summed E-state index contributed by atoms with van der Waals surface area (Å²) in [5.74, 6) is 0.495. The molecule has 11 heteroatoms. The molecule has 1 N–H and O–H groups in total.